The Labute approximate surface area is 211 Å². The van der Waals surface area contributed by atoms with Crippen molar-refractivity contribution in [1.29, 1.82) is 0 Å². The van der Waals surface area contributed by atoms with Crippen LogP contribution >= 0.6 is 23.5 Å². The largest absolute Gasteiger partial charge is 0.480 e. The number of nitrogens with zero attached hydrogens (tertiary/aromatic N) is 1. The number of aliphatic carboxylic acids is 1. The molecule has 1 rings (SSSR count). The van der Waals surface area contributed by atoms with Crippen LogP contribution in [0.1, 0.15) is 25.0 Å². The number of rotatable bonds is 17. The van der Waals surface area contributed by atoms with Crippen LogP contribution in [-0.4, -0.2) is 92.9 Å². The smallest absolute Gasteiger partial charge is 0.326 e. The third-order valence-electron chi connectivity index (χ3n) is 4.84. The highest BCUT2D eigenvalue weighted by molar-refractivity contribution is 7.98. The van der Waals surface area contributed by atoms with Crippen molar-refractivity contribution in [2.45, 2.75) is 49.9 Å². The lowest BCUT2D eigenvalue weighted by molar-refractivity contribution is -0.143. The molecule has 1 aromatic heterocycles. The van der Waals surface area contributed by atoms with Gasteiger partial charge in [0.2, 0.25) is 23.6 Å². The zero-order valence-electron chi connectivity index (χ0n) is 19.6. The Hall–Kier alpha value is -2.78. The molecule has 9 N–H and O–H groups in total. The van der Waals surface area contributed by atoms with Crippen molar-refractivity contribution in [3.8, 4) is 0 Å². The van der Waals surface area contributed by atoms with E-state index in [1.54, 1.807) is 6.20 Å². The number of hydrogen-bond donors (Lipinski definition) is 7. The zero-order chi connectivity index (χ0) is 26.4. The summed E-state index contributed by atoms with van der Waals surface area (Å²) in [5.74, 6) is -3.20. The fourth-order valence-corrected chi connectivity index (χ4v) is 3.90. The van der Waals surface area contributed by atoms with Gasteiger partial charge in [-0.15, -0.1) is 0 Å². The molecule has 0 saturated carbocycles. The number of nitrogens with two attached hydrogens (primary N) is 2. The number of aromatic amines is 1. The topological polar surface area (TPSA) is 222 Å². The molecule has 1 aromatic rings. The number of hydrogen-bond acceptors (Lipinski definition) is 9. The number of aromatic nitrogens is 2. The minimum Gasteiger partial charge on any atom is -0.480 e. The molecule has 0 aliphatic rings. The van der Waals surface area contributed by atoms with Crippen LogP contribution in [0.5, 0.6) is 0 Å². The van der Waals surface area contributed by atoms with E-state index >= 15 is 0 Å². The van der Waals surface area contributed by atoms with E-state index in [9.17, 15) is 29.1 Å². The first-order valence-electron chi connectivity index (χ1n) is 10.7. The van der Waals surface area contributed by atoms with Crippen LogP contribution < -0.4 is 27.4 Å². The predicted molar refractivity (Wildman–Crippen MR) is 134 cm³/mol. The highest BCUT2D eigenvalue weighted by atomic mass is 32.2. The van der Waals surface area contributed by atoms with Gasteiger partial charge in [0.05, 0.1) is 18.8 Å². The average molecular weight is 532 g/mol. The molecule has 0 fully saturated rings. The molecule has 0 aromatic carbocycles. The minimum atomic E-state index is -1.53. The Morgan fingerprint density at radius 1 is 0.971 bits per heavy atom. The summed E-state index contributed by atoms with van der Waals surface area (Å²) in [5, 5.41) is 16.7. The summed E-state index contributed by atoms with van der Waals surface area (Å²) in [5.41, 5.74) is 11.7. The van der Waals surface area contributed by atoms with Crippen LogP contribution in [0.15, 0.2) is 12.5 Å². The van der Waals surface area contributed by atoms with Gasteiger partial charge >= 0.3 is 5.97 Å². The molecule has 196 valence electrons. The Bertz CT molecular complexity index is 855. The summed E-state index contributed by atoms with van der Waals surface area (Å²) in [6.45, 7) is 0. The van der Waals surface area contributed by atoms with Crippen LogP contribution in [0.3, 0.4) is 0 Å². The number of nitrogens with one attached hydrogen (secondary N) is 4. The molecule has 0 spiro atoms. The zero-order valence-corrected chi connectivity index (χ0v) is 21.2. The summed E-state index contributed by atoms with van der Waals surface area (Å²) in [6, 6.07) is -4.51. The molecular weight excluding hydrogens is 498 g/mol. The number of thioether (sulfide) groups is 2. The maximum atomic E-state index is 13.0. The van der Waals surface area contributed by atoms with Crippen molar-refractivity contribution in [3.05, 3.63) is 18.2 Å². The monoisotopic (exact) mass is 531 g/mol. The number of imidazole rings is 1. The van der Waals surface area contributed by atoms with Crippen molar-refractivity contribution in [3.63, 3.8) is 0 Å². The number of carbonyl (C=O) groups excluding carboxylic acids is 4. The Balaban J connectivity index is 2.91. The molecule has 0 aliphatic carbocycles. The van der Waals surface area contributed by atoms with Crippen molar-refractivity contribution < 1.29 is 29.1 Å². The summed E-state index contributed by atoms with van der Waals surface area (Å²) in [6.07, 6.45) is 6.75. The third-order valence-corrected chi connectivity index (χ3v) is 6.13. The molecule has 4 amide bonds. The molecule has 0 radical (unpaired) electrons. The lowest BCUT2D eigenvalue weighted by Crippen LogP contribution is -2.57. The maximum Gasteiger partial charge on any atom is 0.326 e. The lowest BCUT2D eigenvalue weighted by Gasteiger charge is -2.25. The summed E-state index contributed by atoms with van der Waals surface area (Å²) in [4.78, 5) is 67.6. The molecule has 4 unspecified atom stereocenters. The quantitative estimate of drug-likeness (QED) is 0.119. The van der Waals surface area contributed by atoms with Gasteiger partial charge in [0.1, 0.15) is 18.1 Å². The summed E-state index contributed by atoms with van der Waals surface area (Å²) in [7, 11) is 0. The molecular formula is C20H33N7O6S2. The predicted octanol–water partition coefficient (Wildman–Crippen LogP) is -1.80. The van der Waals surface area contributed by atoms with E-state index in [-0.39, 0.29) is 19.3 Å². The maximum absolute atomic E-state index is 13.0. The molecule has 4 atom stereocenters. The van der Waals surface area contributed by atoms with E-state index in [2.05, 4.69) is 25.9 Å². The second-order valence-corrected chi connectivity index (χ2v) is 9.61. The van der Waals surface area contributed by atoms with Crippen molar-refractivity contribution in [2.75, 3.05) is 24.0 Å². The van der Waals surface area contributed by atoms with Gasteiger partial charge in [-0.2, -0.15) is 23.5 Å². The van der Waals surface area contributed by atoms with Gasteiger partial charge in [0.15, 0.2) is 0 Å². The van der Waals surface area contributed by atoms with Gasteiger partial charge in [-0.05, 0) is 36.9 Å². The lowest BCUT2D eigenvalue weighted by atomic mass is 10.1. The van der Waals surface area contributed by atoms with Crippen LogP contribution in [0.4, 0.5) is 0 Å². The molecule has 1 heterocycles. The Morgan fingerprint density at radius 3 is 1.91 bits per heavy atom. The number of carboxylic acid groups (broad SMARTS) is 1. The number of carbonyl (C=O) groups is 5. The van der Waals surface area contributed by atoms with Gasteiger partial charge in [-0.3, -0.25) is 19.2 Å². The van der Waals surface area contributed by atoms with Crippen LogP contribution in [0.25, 0.3) is 0 Å². The fourth-order valence-electron chi connectivity index (χ4n) is 2.96. The van der Waals surface area contributed by atoms with Gasteiger partial charge in [-0.25, -0.2) is 9.78 Å². The highest BCUT2D eigenvalue weighted by Gasteiger charge is 2.30. The first-order chi connectivity index (χ1) is 16.6. The Morgan fingerprint density at radius 2 is 1.49 bits per heavy atom. The molecule has 35 heavy (non-hydrogen) atoms. The highest BCUT2D eigenvalue weighted by Crippen LogP contribution is 2.07. The first-order valence-corrected chi connectivity index (χ1v) is 13.5. The van der Waals surface area contributed by atoms with Crippen molar-refractivity contribution >= 4 is 53.1 Å². The van der Waals surface area contributed by atoms with E-state index < -0.39 is 60.2 Å². The van der Waals surface area contributed by atoms with Gasteiger partial charge in [-0.1, -0.05) is 0 Å². The minimum absolute atomic E-state index is 0.192. The normalized spacial score (nSPS) is 14.3. The van der Waals surface area contributed by atoms with Gasteiger partial charge in [0, 0.05) is 18.3 Å². The van der Waals surface area contributed by atoms with Crippen LogP contribution in [0.2, 0.25) is 0 Å². The van der Waals surface area contributed by atoms with E-state index in [1.165, 1.54) is 29.9 Å². The van der Waals surface area contributed by atoms with E-state index in [1.807, 2.05) is 12.5 Å². The molecule has 13 nitrogen and oxygen atoms in total. The second kappa shape index (κ2) is 16.0. The van der Waals surface area contributed by atoms with Crippen molar-refractivity contribution in [1.82, 2.24) is 25.9 Å². The van der Waals surface area contributed by atoms with Gasteiger partial charge in [0.25, 0.3) is 0 Å². The molecule has 0 saturated heterocycles. The Kier molecular flexibility index (Phi) is 13.8. The fraction of sp³-hybridized carbons (Fsp3) is 0.600. The average Bonchev–Trinajstić information content (AvgIpc) is 3.31. The second-order valence-electron chi connectivity index (χ2n) is 7.64. The number of amides is 4. The molecule has 15 heteroatoms. The van der Waals surface area contributed by atoms with Crippen LogP contribution in [-0.2, 0) is 30.4 Å². The third kappa shape index (κ3) is 11.5. The number of H-pyrrole nitrogens is 1. The van der Waals surface area contributed by atoms with E-state index in [0.29, 0.717) is 17.2 Å². The van der Waals surface area contributed by atoms with Gasteiger partial charge < -0.3 is 37.5 Å². The number of primary amides is 1. The standard InChI is InChI=1S/C20H33N7O6S2/c1-34-5-3-13(25-17(29)12(21)7-11-9-23-10-24-11)18(30)26-14(4-6-35-2)19(31)27-15(20(32)33)8-16(22)28/h9-10,12-15H,3-8,21H2,1-2H3,(H2,22,28)(H,23,24)(H,25,29)(H,26,30)(H,27,31)(H,32,33). The summed E-state index contributed by atoms with van der Waals surface area (Å²) >= 11 is 2.90. The first kappa shape index (κ1) is 30.3. The van der Waals surface area contributed by atoms with E-state index in [0.717, 1.165) is 0 Å². The van der Waals surface area contributed by atoms with Crippen LogP contribution in [0, 0.1) is 0 Å². The molecule has 0 aliphatic heterocycles. The van der Waals surface area contributed by atoms with E-state index in [4.69, 9.17) is 11.5 Å². The summed E-state index contributed by atoms with van der Waals surface area (Å²) < 4.78 is 0. The SMILES string of the molecule is CSCCC(NC(=O)C(N)Cc1cnc[nH]1)C(=O)NC(CCSC)C(=O)NC(CC(N)=O)C(=O)O. The molecule has 0 bridgehead atoms. The number of carboxylic acids is 1. The van der Waals surface area contributed by atoms with Crippen molar-refractivity contribution in [2.24, 2.45) is 11.5 Å².